The molecule has 1 saturated carbocycles. The van der Waals surface area contributed by atoms with Crippen LogP contribution in [0.15, 0.2) is 18.2 Å². The predicted molar refractivity (Wildman–Crippen MR) is 81.2 cm³/mol. The van der Waals surface area contributed by atoms with Crippen LogP contribution in [0.3, 0.4) is 0 Å². The molecule has 0 spiro atoms. The second-order valence-electron chi connectivity index (χ2n) is 6.66. The highest BCUT2D eigenvalue weighted by Crippen LogP contribution is 2.42. The second-order valence-corrected chi connectivity index (χ2v) is 6.66. The number of hydrogen-bond donors (Lipinski definition) is 1. The van der Waals surface area contributed by atoms with Crippen LogP contribution in [-0.4, -0.2) is 35.3 Å². The standard InChI is InChI=1S/C17H18F4N2O2/c1-9(24)23-14-3-2-10(6-14)15(23)8-22-16(25)11-4-12(17(19,20)21)7-13(18)5-11/h4-5,7,10,14-15H,2-3,6,8H2,1H3,(H,22,25)/t10-,14+,15+/m0/s1. The Bertz CT molecular complexity index is 704. The molecule has 1 saturated heterocycles. The highest BCUT2D eigenvalue weighted by Gasteiger charge is 2.46. The largest absolute Gasteiger partial charge is 0.416 e. The minimum absolute atomic E-state index is 0.0726. The smallest absolute Gasteiger partial charge is 0.350 e. The van der Waals surface area contributed by atoms with Crippen molar-refractivity contribution in [1.29, 1.82) is 0 Å². The van der Waals surface area contributed by atoms with E-state index < -0.39 is 23.5 Å². The maximum Gasteiger partial charge on any atom is 0.416 e. The molecule has 3 atom stereocenters. The van der Waals surface area contributed by atoms with Crippen molar-refractivity contribution in [3.8, 4) is 0 Å². The van der Waals surface area contributed by atoms with Gasteiger partial charge in [0, 0.05) is 25.1 Å². The number of nitrogens with one attached hydrogen (secondary N) is 1. The molecule has 2 aliphatic rings. The number of likely N-dealkylation sites (tertiary alicyclic amines) is 1. The number of alkyl halides is 3. The summed E-state index contributed by atoms with van der Waals surface area (Å²) in [6, 6.07) is 1.77. The van der Waals surface area contributed by atoms with Crippen LogP contribution >= 0.6 is 0 Å². The van der Waals surface area contributed by atoms with Crippen molar-refractivity contribution < 1.29 is 27.2 Å². The van der Waals surface area contributed by atoms with Crippen molar-refractivity contribution in [3.05, 3.63) is 35.1 Å². The number of benzene rings is 1. The fourth-order valence-electron chi connectivity index (χ4n) is 4.03. The van der Waals surface area contributed by atoms with Crippen LogP contribution in [0.1, 0.15) is 42.1 Å². The van der Waals surface area contributed by atoms with Gasteiger partial charge in [0.15, 0.2) is 0 Å². The molecule has 25 heavy (non-hydrogen) atoms. The van der Waals surface area contributed by atoms with Gasteiger partial charge in [-0.05, 0) is 43.4 Å². The van der Waals surface area contributed by atoms with E-state index in [4.69, 9.17) is 0 Å². The number of carbonyl (C=O) groups is 2. The molecule has 8 heteroatoms. The summed E-state index contributed by atoms with van der Waals surface area (Å²) in [4.78, 5) is 25.7. The second kappa shape index (κ2) is 6.31. The zero-order chi connectivity index (χ0) is 18.4. The first-order chi connectivity index (χ1) is 11.7. The average molecular weight is 358 g/mol. The average Bonchev–Trinajstić information content (AvgIpc) is 3.11. The molecule has 0 aromatic heterocycles. The van der Waals surface area contributed by atoms with Gasteiger partial charge in [-0.25, -0.2) is 4.39 Å². The number of nitrogens with zero attached hydrogens (tertiary/aromatic N) is 1. The maximum absolute atomic E-state index is 13.4. The number of fused-ring (bicyclic) bond motifs is 2. The number of rotatable bonds is 3. The van der Waals surface area contributed by atoms with Crippen LogP contribution in [0.25, 0.3) is 0 Å². The molecule has 1 aliphatic heterocycles. The van der Waals surface area contributed by atoms with Gasteiger partial charge in [-0.3, -0.25) is 9.59 Å². The Kier molecular flexibility index (Phi) is 4.47. The molecule has 2 fully saturated rings. The van der Waals surface area contributed by atoms with Crippen LogP contribution in [0.4, 0.5) is 17.6 Å². The molecule has 3 rings (SSSR count). The molecule has 4 nitrogen and oxygen atoms in total. The van der Waals surface area contributed by atoms with Crippen LogP contribution in [0.2, 0.25) is 0 Å². The first kappa shape index (κ1) is 17.7. The highest BCUT2D eigenvalue weighted by molar-refractivity contribution is 5.94. The van der Waals surface area contributed by atoms with Gasteiger partial charge in [0.25, 0.3) is 5.91 Å². The van der Waals surface area contributed by atoms with Crippen LogP contribution in [0.5, 0.6) is 0 Å². The molecule has 136 valence electrons. The lowest BCUT2D eigenvalue weighted by Crippen LogP contribution is -2.49. The molecule has 2 amide bonds. The molecule has 0 unspecified atom stereocenters. The van der Waals surface area contributed by atoms with Crippen LogP contribution in [0, 0.1) is 11.7 Å². The van der Waals surface area contributed by atoms with E-state index in [2.05, 4.69) is 5.32 Å². The Labute approximate surface area is 142 Å². The van der Waals surface area contributed by atoms with Crippen molar-refractivity contribution in [1.82, 2.24) is 10.2 Å². The lowest BCUT2D eigenvalue weighted by molar-refractivity contribution is -0.137. The van der Waals surface area contributed by atoms with E-state index in [1.54, 1.807) is 4.90 Å². The summed E-state index contributed by atoms with van der Waals surface area (Å²) in [5.41, 5.74) is -1.59. The number of halogens is 4. The van der Waals surface area contributed by atoms with Gasteiger partial charge in [-0.1, -0.05) is 0 Å². The van der Waals surface area contributed by atoms with Crippen LogP contribution < -0.4 is 5.32 Å². The minimum Gasteiger partial charge on any atom is -0.350 e. The monoisotopic (exact) mass is 358 g/mol. The molecule has 1 heterocycles. The SMILES string of the molecule is CC(=O)N1[C@@H]2CC[C@@H](C2)[C@H]1CNC(=O)c1cc(F)cc(C(F)(F)F)c1. The number of amides is 2. The van der Waals surface area contributed by atoms with Crippen molar-refractivity contribution in [2.45, 2.75) is 44.4 Å². The maximum atomic E-state index is 13.4. The highest BCUT2D eigenvalue weighted by atomic mass is 19.4. The van der Waals surface area contributed by atoms with E-state index in [1.165, 1.54) is 6.92 Å². The summed E-state index contributed by atoms with van der Waals surface area (Å²) >= 11 is 0. The molecule has 1 aromatic rings. The summed E-state index contributed by atoms with van der Waals surface area (Å²) in [6.45, 7) is 1.62. The molecular formula is C17H18F4N2O2. The first-order valence-electron chi connectivity index (χ1n) is 8.11. The van der Waals surface area contributed by atoms with Crippen molar-refractivity contribution in [2.24, 2.45) is 5.92 Å². The molecule has 1 aliphatic carbocycles. The van der Waals surface area contributed by atoms with E-state index in [1.807, 2.05) is 0 Å². The Morgan fingerprint density at radius 1 is 1.24 bits per heavy atom. The normalized spacial score (nSPS) is 25.3. The zero-order valence-electron chi connectivity index (χ0n) is 13.6. The topological polar surface area (TPSA) is 49.4 Å². The van der Waals surface area contributed by atoms with Gasteiger partial charge < -0.3 is 10.2 Å². The van der Waals surface area contributed by atoms with Gasteiger partial charge in [-0.15, -0.1) is 0 Å². The summed E-state index contributed by atoms with van der Waals surface area (Å²) < 4.78 is 51.6. The van der Waals surface area contributed by atoms with Gasteiger partial charge in [0.05, 0.1) is 11.6 Å². The molecule has 0 radical (unpaired) electrons. The van der Waals surface area contributed by atoms with Crippen molar-refractivity contribution in [3.63, 3.8) is 0 Å². The Morgan fingerprint density at radius 2 is 1.96 bits per heavy atom. The Morgan fingerprint density at radius 3 is 2.60 bits per heavy atom. The summed E-state index contributed by atoms with van der Waals surface area (Å²) in [5, 5.41) is 2.55. The summed E-state index contributed by atoms with van der Waals surface area (Å²) in [5.74, 6) is -1.69. The van der Waals surface area contributed by atoms with Gasteiger partial charge in [0.1, 0.15) is 5.82 Å². The van der Waals surface area contributed by atoms with Gasteiger partial charge in [0.2, 0.25) is 5.91 Å². The third-order valence-electron chi connectivity index (χ3n) is 5.06. The summed E-state index contributed by atoms with van der Waals surface area (Å²) in [6.07, 6.45) is -1.94. The zero-order valence-corrected chi connectivity index (χ0v) is 13.6. The summed E-state index contributed by atoms with van der Waals surface area (Å²) in [7, 11) is 0. The van der Waals surface area contributed by atoms with E-state index in [0.717, 1.165) is 25.3 Å². The van der Waals surface area contributed by atoms with Crippen LogP contribution in [-0.2, 0) is 11.0 Å². The van der Waals surface area contributed by atoms with Crippen molar-refractivity contribution in [2.75, 3.05) is 6.54 Å². The van der Waals surface area contributed by atoms with Gasteiger partial charge >= 0.3 is 6.18 Å². The lowest BCUT2D eigenvalue weighted by atomic mass is 9.98. The minimum atomic E-state index is -4.73. The molecule has 1 N–H and O–H groups in total. The number of piperidine rings is 1. The third-order valence-corrected chi connectivity index (χ3v) is 5.06. The van der Waals surface area contributed by atoms with E-state index in [9.17, 15) is 27.2 Å². The Balaban J connectivity index is 1.71. The van der Waals surface area contributed by atoms with Crippen molar-refractivity contribution >= 4 is 11.8 Å². The number of carbonyl (C=O) groups excluding carboxylic acids is 2. The quantitative estimate of drug-likeness (QED) is 0.845. The van der Waals surface area contributed by atoms with Gasteiger partial charge in [-0.2, -0.15) is 13.2 Å². The van der Waals surface area contributed by atoms with E-state index in [-0.39, 0.29) is 36.0 Å². The fourth-order valence-corrected chi connectivity index (χ4v) is 4.03. The molecule has 2 bridgehead atoms. The third kappa shape index (κ3) is 3.48. The predicted octanol–water partition coefficient (Wildman–Crippen LogP) is 2.97. The molecular weight excluding hydrogens is 340 g/mol. The number of hydrogen-bond acceptors (Lipinski definition) is 2. The van der Waals surface area contributed by atoms with E-state index >= 15 is 0 Å². The lowest BCUT2D eigenvalue weighted by Gasteiger charge is -2.34. The van der Waals surface area contributed by atoms with E-state index in [0.29, 0.717) is 12.1 Å². The fraction of sp³-hybridized carbons (Fsp3) is 0.529. The molecule has 1 aromatic carbocycles. The Hall–Kier alpha value is -2.12. The first-order valence-corrected chi connectivity index (χ1v) is 8.11.